The number of carboxylic acids is 1. The van der Waals surface area contributed by atoms with Gasteiger partial charge in [0.2, 0.25) is 0 Å². The lowest BCUT2D eigenvalue weighted by atomic mass is 9.76. The number of aliphatic hydroxyl groups excluding tert-OH is 1. The molecule has 1 aromatic heterocycles. The molecule has 0 saturated heterocycles. The molecule has 4 rings (SSSR count). The van der Waals surface area contributed by atoms with Gasteiger partial charge in [0.15, 0.2) is 0 Å². The van der Waals surface area contributed by atoms with E-state index in [4.69, 9.17) is 21.4 Å². The molecular weight excluding hydrogens is 458 g/mol. The zero-order valence-electron chi connectivity index (χ0n) is 19.0. The zero-order chi connectivity index (χ0) is 24.1. The molecule has 34 heavy (non-hydrogen) atoms. The number of aryl methyl sites for hydroxylation is 2. The molecule has 2 aliphatic rings. The van der Waals surface area contributed by atoms with Gasteiger partial charge in [-0.25, -0.2) is 9.78 Å². The van der Waals surface area contributed by atoms with E-state index in [1.807, 2.05) is 0 Å². The van der Waals surface area contributed by atoms with E-state index in [0.29, 0.717) is 23.8 Å². The van der Waals surface area contributed by atoms with Crippen LogP contribution in [0.4, 0.5) is 5.82 Å². The van der Waals surface area contributed by atoms with Gasteiger partial charge < -0.3 is 20.4 Å². The van der Waals surface area contributed by atoms with Crippen molar-refractivity contribution < 1.29 is 24.6 Å². The summed E-state index contributed by atoms with van der Waals surface area (Å²) in [5.74, 6) is -0.433. The van der Waals surface area contributed by atoms with E-state index < -0.39 is 18.0 Å². The molecule has 2 heterocycles. The highest BCUT2D eigenvalue weighted by molar-refractivity contribution is 6.30. The number of pyridine rings is 1. The number of nitrogens with zero attached hydrogens (tertiary/aromatic N) is 2. The number of aromatic nitrogens is 1. The Balaban J connectivity index is 1.37. The zero-order valence-corrected chi connectivity index (χ0v) is 19.7. The van der Waals surface area contributed by atoms with E-state index in [-0.39, 0.29) is 24.6 Å². The normalized spacial score (nSPS) is 20.1. The van der Waals surface area contributed by atoms with Crippen molar-refractivity contribution in [1.82, 2.24) is 10.0 Å². The molecule has 8 nitrogen and oxygen atoms in total. The van der Waals surface area contributed by atoms with Crippen LogP contribution in [0.1, 0.15) is 53.7 Å². The van der Waals surface area contributed by atoms with Crippen molar-refractivity contribution in [3.63, 3.8) is 0 Å². The fourth-order valence-corrected chi connectivity index (χ4v) is 4.83. The minimum atomic E-state index is -1.14. The highest BCUT2D eigenvalue weighted by atomic mass is 35.5. The molecule has 0 unspecified atom stereocenters. The van der Waals surface area contributed by atoms with Crippen LogP contribution in [0, 0.1) is 5.92 Å². The van der Waals surface area contributed by atoms with Crippen LogP contribution in [0.2, 0.25) is 5.02 Å². The third kappa shape index (κ3) is 5.87. The summed E-state index contributed by atoms with van der Waals surface area (Å²) in [5, 5.41) is 24.1. The molecular formula is C25H30ClN3O5. The topological polar surface area (TPSA) is 112 Å². The fraction of sp³-hybridized carbons (Fsp3) is 0.480. The van der Waals surface area contributed by atoms with Crippen LogP contribution in [0.5, 0.6) is 0 Å². The second-order valence-corrected chi connectivity index (χ2v) is 9.42. The number of benzene rings is 1. The number of hydroxylamine groups is 2. The summed E-state index contributed by atoms with van der Waals surface area (Å²) in [6.45, 7) is 0.631. The summed E-state index contributed by atoms with van der Waals surface area (Å²) < 4.78 is 0. The number of aliphatic carboxylic acids is 1. The van der Waals surface area contributed by atoms with Crippen LogP contribution in [0.15, 0.2) is 36.4 Å². The molecule has 0 spiro atoms. The second-order valence-electron chi connectivity index (χ2n) is 8.99. The molecule has 1 saturated carbocycles. The lowest BCUT2D eigenvalue weighted by Crippen LogP contribution is -2.53. The van der Waals surface area contributed by atoms with Crippen LogP contribution in [0.3, 0.4) is 0 Å². The third-order valence-electron chi connectivity index (χ3n) is 6.57. The Hall–Kier alpha value is -2.68. The molecule has 1 aromatic carbocycles. The number of carboxylic acid groups (broad SMARTS) is 1. The first-order valence-corrected chi connectivity index (χ1v) is 12.1. The molecule has 2 aromatic rings. The maximum absolute atomic E-state index is 12.7. The quantitative estimate of drug-likeness (QED) is 0.435. The average Bonchev–Trinajstić information content (AvgIpc) is 2.80. The lowest BCUT2D eigenvalue weighted by Gasteiger charge is -2.43. The maximum Gasteiger partial charge on any atom is 0.357 e. The minimum Gasteiger partial charge on any atom is -0.480 e. The van der Waals surface area contributed by atoms with Crippen molar-refractivity contribution in [2.24, 2.45) is 5.92 Å². The summed E-state index contributed by atoms with van der Waals surface area (Å²) >= 11 is 5.98. The van der Waals surface area contributed by atoms with Gasteiger partial charge in [-0.1, -0.05) is 23.7 Å². The van der Waals surface area contributed by atoms with Gasteiger partial charge in [-0.2, -0.15) is 0 Å². The first-order valence-electron chi connectivity index (χ1n) is 11.8. The van der Waals surface area contributed by atoms with Crippen molar-refractivity contribution in [3.05, 3.63) is 58.2 Å². The molecule has 1 aliphatic carbocycles. The molecule has 0 amide bonds. The first-order chi connectivity index (χ1) is 16.4. The van der Waals surface area contributed by atoms with Crippen molar-refractivity contribution in [3.8, 4) is 0 Å². The Kier molecular flexibility index (Phi) is 8.03. The molecule has 1 atom stereocenters. The molecule has 3 N–H and O–H groups in total. The van der Waals surface area contributed by atoms with Gasteiger partial charge in [0, 0.05) is 29.9 Å². The highest BCUT2D eigenvalue weighted by Crippen LogP contribution is 2.37. The van der Waals surface area contributed by atoms with Crippen molar-refractivity contribution >= 4 is 29.4 Å². The van der Waals surface area contributed by atoms with E-state index in [1.54, 1.807) is 18.2 Å². The highest BCUT2D eigenvalue weighted by Gasteiger charge is 2.41. The van der Waals surface area contributed by atoms with E-state index in [0.717, 1.165) is 43.7 Å². The number of anilines is 1. The van der Waals surface area contributed by atoms with Crippen LogP contribution >= 0.6 is 11.6 Å². The van der Waals surface area contributed by atoms with E-state index in [9.17, 15) is 19.8 Å². The van der Waals surface area contributed by atoms with E-state index in [1.165, 1.54) is 16.7 Å². The number of fused-ring (bicyclic) bond motifs is 1. The van der Waals surface area contributed by atoms with Crippen molar-refractivity contribution in [2.75, 3.05) is 18.5 Å². The van der Waals surface area contributed by atoms with Gasteiger partial charge in [-0.15, -0.1) is 5.06 Å². The summed E-state index contributed by atoms with van der Waals surface area (Å²) in [4.78, 5) is 34.9. The summed E-state index contributed by atoms with van der Waals surface area (Å²) in [6.07, 6.45) is 5.34. The van der Waals surface area contributed by atoms with E-state index >= 15 is 0 Å². The van der Waals surface area contributed by atoms with Gasteiger partial charge in [-0.05, 0) is 80.7 Å². The number of carbonyl (C=O) groups is 2. The summed E-state index contributed by atoms with van der Waals surface area (Å²) in [5.41, 5.74) is 2.55. The van der Waals surface area contributed by atoms with Crippen LogP contribution in [0.25, 0.3) is 0 Å². The Morgan fingerprint density at radius 2 is 2.09 bits per heavy atom. The summed E-state index contributed by atoms with van der Waals surface area (Å²) in [6, 6.07) is 9.22. The Labute approximate surface area is 203 Å². The smallest absolute Gasteiger partial charge is 0.357 e. The molecule has 9 heteroatoms. The minimum absolute atomic E-state index is 0.0363. The van der Waals surface area contributed by atoms with Crippen LogP contribution < -0.4 is 5.32 Å². The largest absolute Gasteiger partial charge is 0.480 e. The van der Waals surface area contributed by atoms with E-state index in [2.05, 4.69) is 17.4 Å². The average molecular weight is 488 g/mol. The number of nitrogens with one attached hydrogen (secondary N) is 1. The molecule has 0 radical (unpaired) electrons. The number of hydrogen-bond acceptors (Lipinski definition) is 7. The van der Waals surface area contributed by atoms with Gasteiger partial charge in [0.25, 0.3) is 0 Å². The van der Waals surface area contributed by atoms with Gasteiger partial charge in [-0.3, -0.25) is 4.79 Å². The standard InChI is InChI=1S/C25H30ClN3O5/c26-19-5-1-3-18(15-19)25(33)34-29(22(10-12-30)24(31)32)21-13-16(14-21)6-8-20-9-7-17-4-2-11-27-23(17)28-20/h1,3,5,7,9,15-16,21-22,30H,2,4,6,8,10-14H2,(H,27,28)(H,31,32)/t16?,21?,22-/m0/s1. The predicted octanol–water partition coefficient (Wildman–Crippen LogP) is 3.71. The monoisotopic (exact) mass is 487 g/mol. The summed E-state index contributed by atoms with van der Waals surface area (Å²) in [7, 11) is 0. The van der Waals surface area contributed by atoms with Gasteiger partial charge >= 0.3 is 11.9 Å². The second kappa shape index (κ2) is 11.2. The Bertz CT molecular complexity index is 1030. The molecule has 1 aliphatic heterocycles. The van der Waals surface area contributed by atoms with Gasteiger partial charge in [0.1, 0.15) is 11.9 Å². The SMILES string of the molecule is O=C(ON(C1CC(CCc2ccc3c(n2)NCCC3)C1)[C@@H](CCO)C(=O)O)c1cccc(Cl)c1. The first kappa shape index (κ1) is 24.4. The number of carbonyl (C=O) groups excluding carboxylic acids is 1. The van der Waals surface area contributed by atoms with Crippen molar-refractivity contribution in [1.29, 1.82) is 0 Å². The number of rotatable bonds is 10. The third-order valence-corrected chi connectivity index (χ3v) is 6.81. The van der Waals surface area contributed by atoms with Gasteiger partial charge in [0.05, 0.1) is 5.56 Å². The van der Waals surface area contributed by atoms with Crippen LogP contribution in [-0.4, -0.2) is 57.4 Å². The van der Waals surface area contributed by atoms with Crippen molar-refractivity contribution in [2.45, 2.75) is 57.0 Å². The molecule has 182 valence electrons. The molecule has 1 fully saturated rings. The lowest BCUT2D eigenvalue weighted by molar-refractivity contribution is -0.204. The number of aliphatic hydroxyl groups is 1. The Morgan fingerprint density at radius 3 is 2.82 bits per heavy atom. The Morgan fingerprint density at radius 1 is 1.26 bits per heavy atom. The number of hydrogen-bond donors (Lipinski definition) is 3. The fourth-order valence-electron chi connectivity index (χ4n) is 4.64. The van der Waals surface area contributed by atoms with Crippen LogP contribution in [-0.2, 0) is 22.5 Å². The molecule has 0 bridgehead atoms. The number of halogens is 1. The maximum atomic E-state index is 12.7. The predicted molar refractivity (Wildman–Crippen MR) is 128 cm³/mol.